The Labute approximate surface area is 145 Å². The van der Waals surface area contributed by atoms with Crippen LogP contribution in [0.15, 0.2) is 30.3 Å². The Kier molecular flexibility index (Phi) is 4.22. The van der Waals surface area contributed by atoms with Crippen LogP contribution in [0, 0.1) is 13.8 Å². The number of anilines is 1. The predicted molar refractivity (Wildman–Crippen MR) is 95.8 cm³/mol. The number of benzene rings is 1. The van der Waals surface area contributed by atoms with Crippen LogP contribution in [-0.4, -0.2) is 33.6 Å². The Morgan fingerprint density at radius 3 is 2.60 bits per heavy atom. The molecule has 0 aliphatic carbocycles. The van der Waals surface area contributed by atoms with Crippen LogP contribution in [0.5, 0.6) is 0 Å². The third kappa shape index (κ3) is 3.08. The molecule has 0 radical (unpaired) electrons. The molecule has 3 aromatic rings. The zero-order chi connectivity index (χ0) is 18.1. The zero-order valence-electron chi connectivity index (χ0n) is 14.5. The van der Waals surface area contributed by atoms with E-state index in [1.165, 1.54) is 0 Å². The van der Waals surface area contributed by atoms with Gasteiger partial charge in [-0.05, 0) is 38.1 Å². The third-order valence-electron chi connectivity index (χ3n) is 3.95. The van der Waals surface area contributed by atoms with Crippen LogP contribution in [-0.2, 0) is 7.05 Å². The summed E-state index contributed by atoms with van der Waals surface area (Å²) in [4.78, 5) is 29.0. The minimum atomic E-state index is -0.263. The van der Waals surface area contributed by atoms with Gasteiger partial charge in [-0.1, -0.05) is 6.07 Å². The first-order valence-corrected chi connectivity index (χ1v) is 7.85. The molecule has 2 heterocycles. The molecule has 7 heteroatoms. The topological polar surface area (TPSA) is 88.9 Å². The first-order chi connectivity index (χ1) is 11.9. The van der Waals surface area contributed by atoms with Crippen molar-refractivity contribution in [2.75, 3.05) is 12.4 Å². The quantitative estimate of drug-likeness (QED) is 0.767. The average molecular weight is 337 g/mol. The Balaban J connectivity index is 2.00. The summed E-state index contributed by atoms with van der Waals surface area (Å²) < 4.78 is 1.67. The van der Waals surface area contributed by atoms with Crippen molar-refractivity contribution >= 4 is 28.5 Å². The lowest BCUT2D eigenvalue weighted by molar-refractivity contribution is 0.0961. The van der Waals surface area contributed by atoms with Gasteiger partial charge in [0.25, 0.3) is 11.8 Å². The second-order valence-corrected chi connectivity index (χ2v) is 5.83. The van der Waals surface area contributed by atoms with Crippen LogP contribution in [0.25, 0.3) is 11.0 Å². The Bertz CT molecular complexity index is 991. The van der Waals surface area contributed by atoms with E-state index in [1.54, 1.807) is 49.1 Å². The van der Waals surface area contributed by atoms with Gasteiger partial charge in [0.1, 0.15) is 0 Å². The lowest BCUT2D eigenvalue weighted by Crippen LogP contribution is -2.18. The van der Waals surface area contributed by atoms with Crippen molar-refractivity contribution in [1.82, 2.24) is 20.1 Å². The van der Waals surface area contributed by atoms with Crippen LogP contribution >= 0.6 is 0 Å². The number of amides is 2. The zero-order valence-corrected chi connectivity index (χ0v) is 14.5. The first-order valence-electron chi connectivity index (χ1n) is 7.85. The van der Waals surface area contributed by atoms with Gasteiger partial charge in [0.15, 0.2) is 5.65 Å². The highest BCUT2D eigenvalue weighted by Crippen LogP contribution is 2.23. The fourth-order valence-electron chi connectivity index (χ4n) is 2.83. The highest BCUT2D eigenvalue weighted by molar-refractivity contribution is 6.13. The molecule has 0 aliphatic rings. The van der Waals surface area contributed by atoms with Gasteiger partial charge in [0.05, 0.1) is 16.6 Å². The molecule has 2 aromatic heterocycles. The van der Waals surface area contributed by atoms with E-state index in [0.717, 1.165) is 16.8 Å². The van der Waals surface area contributed by atoms with Crippen LogP contribution in [0.4, 0.5) is 5.69 Å². The molecule has 0 bridgehead atoms. The predicted octanol–water partition coefficient (Wildman–Crippen LogP) is 2.20. The molecule has 128 valence electrons. The minimum Gasteiger partial charge on any atom is -0.355 e. The molecule has 2 amide bonds. The van der Waals surface area contributed by atoms with E-state index in [9.17, 15) is 9.59 Å². The van der Waals surface area contributed by atoms with Crippen molar-refractivity contribution in [2.45, 2.75) is 13.8 Å². The van der Waals surface area contributed by atoms with Gasteiger partial charge in [-0.15, -0.1) is 0 Å². The Hall–Kier alpha value is -3.22. The normalized spacial score (nSPS) is 10.7. The molecular weight excluding hydrogens is 318 g/mol. The first kappa shape index (κ1) is 16.6. The Morgan fingerprint density at radius 1 is 1.12 bits per heavy atom. The van der Waals surface area contributed by atoms with Crippen LogP contribution in [0.2, 0.25) is 0 Å². The maximum atomic E-state index is 12.8. The fraction of sp³-hybridized carbons (Fsp3) is 0.222. The van der Waals surface area contributed by atoms with Gasteiger partial charge in [-0.25, -0.2) is 4.98 Å². The van der Waals surface area contributed by atoms with Gasteiger partial charge >= 0.3 is 0 Å². The smallest absolute Gasteiger partial charge is 0.256 e. The molecule has 0 unspecified atom stereocenters. The Morgan fingerprint density at radius 2 is 1.88 bits per heavy atom. The number of aromatic nitrogens is 3. The summed E-state index contributed by atoms with van der Waals surface area (Å²) in [6, 6.07) is 8.54. The second kappa shape index (κ2) is 6.35. The van der Waals surface area contributed by atoms with Gasteiger partial charge in [0, 0.05) is 31.0 Å². The standard InChI is InChI=1S/C18H19N5O2/c1-10-8-14(15-11(2)22-23(4)16(15)20-10)18(25)21-13-7-5-6-12(9-13)17(24)19-3/h5-9H,1-4H3,(H,19,24)(H,21,25). The summed E-state index contributed by atoms with van der Waals surface area (Å²) in [6.45, 7) is 3.69. The van der Waals surface area contributed by atoms with Crippen LogP contribution < -0.4 is 10.6 Å². The highest BCUT2D eigenvalue weighted by Gasteiger charge is 2.18. The fourth-order valence-corrected chi connectivity index (χ4v) is 2.83. The largest absolute Gasteiger partial charge is 0.355 e. The molecule has 0 fully saturated rings. The lowest BCUT2D eigenvalue weighted by atomic mass is 10.1. The lowest BCUT2D eigenvalue weighted by Gasteiger charge is -2.09. The van der Waals surface area contributed by atoms with Crippen LogP contribution in [0.1, 0.15) is 32.1 Å². The van der Waals surface area contributed by atoms with E-state index >= 15 is 0 Å². The number of nitrogens with one attached hydrogen (secondary N) is 2. The summed E-state index contributed by atoms with van der Waals surface area (Å²) in [7, 11) is 3.37. The number of carbonyl (C=O) groups excluding carboxylic acids is 2. The molecule has 25 heavy (non-hydrogen) atoms. The summed E-state index contributed by atoms with van der Waals surface area (Å²) in [6.07, 6.45) is 0. The monoisotopic (exact) mass is 337 g/mol. The number of aryl methyl sites for hydroxylation is 3. The molecule has 0 saturated heterocycles. The highest BCUT2D eigenvalue weighted by atomic mass is 16.2. The number of nitrogens with zero attached hydrogens (tertiary/aromatic N) is 3. The molecule has 0 saturated carbocycles. The second-order valence-electron chi connectivity index (χ2n) is 5.83. The third-order valence-corrected chi connectivity index (χ3v) is 3.95. The molecule has 0 atom stereocenters. The maximum absolute atomic E-state index is 12.8. The number of rotatable bonds is 3. The number of hydrogen-bond acceptors (Lipinski definition) is 4. The summed E-state index contributed by atoms with van der Waals surface area (Å²) in [5, 5.41) is 10.5. The van der Waals surface area contributed by atoms with Crippen LogP contribution in [0.3, 0.4) is 0 Å². The van der Waals surface area contributed by atoms with E-state index < -0.39 is 0 Å². The molecule has 0 spiro atoms. The SMILES string of the molecule is CNC(=O)c1cccc(NC(=O)c2cc(C)nc3c2c(C)nn3C)c1. The summed E-state index contributed by atoms with van der Waals surface area (Å²) in [5.41, 5.74) is 3.69. The van der Waals surface area contributed by atoms with Gasteiger partial charge in [-0.3, -0.25) is 14.3 Å². The van der Waals surface area contributed by atoms with Gasteiger partial charge in [0.2, 0.25) is 0 Å². The molecule has 0 aliphatic heterocycles. The number of pyridine rings is 1. The number of carbonyl (C=O) groups is 2. The molecule has 1 aromatic carbocycles. The molecule has 3 rings (SSSR count). The molecule has 7 nitrogen and oxygen atoms in total. The van der Waals surface area contributed by atoms with Crippen molar-refractivity contribution < 1.29 is 9.59 Å². The molecule has 2 N–H and O–H groups in total. The van der Waals surface area contributed by atoms with Crippen molar-refractivity contribution in [3.63, 3.8) is 0 Å². The number of hydrogen-bond donors (Lipinski definition) is 2. The van der Waals surface area contributed by atoms with E-state index in [4.69, 9.17) is 0 Å². The van der Waals surface area contributed by atoms with E-state index in [0.29, 0.717) is 22.5 Å². The van der Waals surface area contributed by atoms with E-state index in [1.807, 2.05) is 13.8 Å². The van der Waals surface area contributed by atoms with Crippen molar-refractivity contribution in [2.24, 2.45) is 7.05 Å². The molecular formula is C18H19N5O2. The van der Waals surface area contributed by atoms with Gasteiger partial charge < -0.3 is 10.6 Å². The average Bonchev–Trinajstić information content (AvgIpc) is 2.87. The maximum Gasteiger partial charge on any atom is 0.256 e. The van der Waals surface area contributed by atoms with Crippen molar-refractivity contribution in [1.29, 1.82) is 0 Å². The minimum absolute atomic E-state index is 0.207. The van der Waals surface area contributed by atoms with Crippen molar-refractivity contribution in [3.8, 4) is 0 Å². The number of fused-ring (bicyclic) bond motifs is 1. The summed E-state index contributed by atoms with van der Waals surface area (Å²) in [5.74, 6) is -0.470. The van der Waals surface area contributed by atoms with Gasteiger partial charge in [-0.2, -0.15) is 5.10 Å². The van der Waals surface area contributed by atoms with E-state index in [2.05, 4.69) is 20.7 Å². The van der Waals surface area contributed by atoms with Crippen molar-refractivity contribution in [3.05, 3.63) is 52.8 Å². The van der Waals surface area contributed by atoms with E-state index in [-0.39, 0.29) is 11.8 Å². The summed E-state index contributed by atoms with van der Waals surface area (Å²) >= 11 is 0.